The first-order valence-electron chi connectivity index (χ1n) is 7.59. The van der Waals surface area contributed by atoms with E-state index in [1.165, 1.54) is 21.7 Å². The lowest BCUT2D eigenvalue weighted by molar-refractivity contribution is 0.243. The van der Waals surface area contributed by atoms with Crippen molar-refractivity contribution in [3.63, 3.8) is 0 Å². The van der Waals surface area contributed by atoms with Crippen molar-refractivity contribution in [3.8, 4) is 0 Å². The summed E-state index contributed by atoms with van der Waals surface area (Å²) in [5.41, 5.74) is 4.23. The quantitative estimate of drug-likeness (QED) is 0.536. The van der Waals surface area contributed by atoms with Crippen LogP contribution in [0.15, 0.2) is 53.7 Å². The van der Waals surface area contributed by atoms with Gasteiger partial charge in [-0.3, -0.25) is 4.79 Å². The first-order valence-corrected chi connectivity index (χ1v) is 7.59. The van der Waals surface area contributed by atoms with Gasteiger partial charge >= 0.3 is 6.03 Å². The molecule has 122 valence electrons. The van der Waals surface area contributed by atoms with Crippen LogP contribution in [-0.4, -0.2) is 30.3 Å². The number of fused-ring (bicyclic) bond motifs is 4. The molecule has 2 N–H and O–H groups in total. The van der Waals surface area contributed by atoms with Crippen LogP contribution in [0.3, 0.4) is 0 Å². The molecule has 1 aliphatic heterocycles. The number of hydrogen-bond donors (Lipinski definition) is 2. The molecule has 0 spiro atoms. The molecule has 0 saturated heterocycles. The van der Waals surface area contributed by atoms with Gasteiger partial charge in [0.05, 0.1) is 22.6 Å². The summed E-state index contributed by atoms with van der Waals surface area (Å²) in [5.74, 6) is 0.404. The van der Waals surface area contributed by atoms with Crippen molar-refractivity contribution in [2.75, 3.05) is 5.43 Å². The van der Waals surface area contributed by atoms with E-state index in [1.807, 2.05) is 36.4 Å². The SMILES string of the molecule is O=C1N[C@@H](c2ccccc2)c2cc3c(cnc4ncnn43)c(=O)n2N1. The zero-order valence-electron chi connectivity index (χ0n) is 12.7. The van der Waals surface area contributed by atoms with Crippen molar-refractivity contribution in [3.05, 3.63) is 70.5 Å². The molecule has 1 aliphatic rings. The van der Waals surface area contributed by atoms with E-state index >= 15 is 0 Å². The highest BCUT2D eigenvalue weighted by Crippen LogP contribution is 2.25. The number of pyridine rings is 1. The topological polar surface area (TPSA) is 106 Å². The zero-order chi connectivity index (χ0) is 17.0. The molecule has 0 fully saturated rings. The summed E-state index contributed by atoms with van der Waals surface area (Å²) in [6, 6.07) is 10.4. The summed E-state index contributed by atoms with van der Waals surface area (Å²) in [6.07, 6.45) is 2.83. The minimum atomic E-state index is -0.459. The molecule has 0 bridgehead atoms. The molecule has 4 heterocycles. The Morgan fingerprint density at radius 3 is 2.76 bits per heavy atom. The standard InChI is InChI=1S/C16H11N7O2/c24-14-10-7-17-15-18-8-19-23(15)11(10)6-12-13(9-4-2-1-3-5-9)20-16(25)21-22(12)14/h1-8,13H,(H2,20,21,25)/t13-/m0/s1. The van der Waals surface area contributed by atoms with Crippen LogP contribution >= 0.6 is 0 Å². The average molecular weight is 333 g/mol. The van der Waals surface area contributed by atoms with E-state index in [-0.39, 0.29) is 5.56 Å². The van der Waals surface area contributed by atoms with Gasteiger partial charge in [-0.25, -0.2) is 19.9 Å². The third-order valence-electron chi connectivity index (χ3n) is 4.24. The summed E-state index contributed by atoms with van der Waals surface area (Å²) in [4.78, 5) is 33.1. The summed E-state index contributed by atoms with van der Waals surface area (Å²) < 4.78 is 2.76. The fourth-order valence-corrected chi connectivity index (χ4v) is 3.11. The van der Waals surface area contributed by atoms with E-state index in [4.69, 9.17) is 0 Å². The number of urea groups is 1. The number of carbonyl (C=O) groups excluding carboxylic acids is 1. The van der Waals surface area contributed by atoms with Crippen LogP contribution in [0.1, 0.15) is 17.3 Å². The lowest BCUT2D eigenvalue weighted by atomic mass is 10.0. The summed E-state index contributed by atoms with van der Waals surface area (Å²) in [6.45, 7) is 0. The van der Waals surface area contributed by atoms with Crippen LogP contribution in [0.5, 0.6) is 0 Å². The second-order valence-corrected chi connectivity index (χ2v) is 5.67. The maximum atomic E-state index is 12.9. The lowest BCUT2D eigenvalue weighted by Gasteiger charge is -2.29. The van der Waals surface area contributed by atoms with E-state index in [2.05, 4.69) is 25.8 Å². The number of nitrogens with zero attached hydrogens (tertiary/aromatic N) is 5. The van der Waals surface area contributed by atoms with Gasteiger partial charge in [0.2, 0.25) is 0 Å². The molecule has 0 radical (unpaired) electrons. The van der Waals surface area contributed by atoms with Crippen molar-refractivity contribution in [2.24, 2.45) is 0 Å². The Kier molecular flexibility index (Phi) is 2.66. The molecular weight excluding hydrogens is 322 g/mol. The Morgan fingerprint density at radius 1 is 1.08 bits per heavy atom. The first-order chi connectivity index (χ1) is 12.2. The normalized spacial score (nSPS) is 16.5. The number of carbonyl (C=O) groups is 1. The maximum Gasteiger partial charge on any atom is 0.334 e. The fraction of sp³-hybridized carbons (Fsp3) is 0.0625. The van der Waals surface area contributed by atoms with E-state index < -0.39 is 12.1 Å². The molecule has 4 aromatic rings. The molecule has 9 heteroatoms. The molecular formula is C16H11N7O2. The van der Waals surface area contributed by atoms with Gasteiger partial charge in [-0.1, -0.05) is 30.3 Å². The Morgan fingerprint density at radius 2 is 1.92 bits per heavy atom. The Bertz CT molecular complexity index is 1200. The minimum absolute atomic E-state index is 0.343. The van der Waals surface area contributed by atoms with Crippen LogP contribution in [0, 0.1) is 0 Å². The third kappa shape index (κ3) is 1.92. The van der Waals surface area contributed by atoms with Gasteiger partial charge < -0.3 is 5.32 Å². The Labute approximate surface area is 139 Å². The van der Waals surface area contributed by atoms with Crippen LogP contribution in [0.25, 0.3) is 16.7 Å². The number of aromatic nitrogens is 5. The van der Waals surface area contributed by atoms with Gasteiger partial charge in [0.15, 0.2) is 0 Å². The molecule has 0 aliphatic carbocycles. The van der Waals surface area contributed by atoms with Gasteiger partial charge in [-0.15, -0.1) is 0 Å². The van der Waals surface area contributed by atoms with E-state index in [0.717, 1.165) is 5.56 Å². The second-order valence-electron chi connectivity index (χ2n) is 5.67. The third-order valence-corrected chi connectivity index (χ3v) is 4.24. The molecule has 1 aromatic carbocycles. The fourth-order valence-electron chi connectivity index (χ4n) is 3.11. The van der Waals surface area contributed by atoms with Crippen LogP contribution in [0.4, 0.5) is 4.79 Å². The zero-order valence-corrected chi connectivity index (χ0v) is 12.7. The number of nitrogens with one attached hydrogen (secondary N) is 2. The van der Waals surface area contributed by atoms with Crippen molar-refractivity contribution < 1.29 is 4.79 Å². The highest BCUT2D eigenvalue weighted by molar-refractivity contribution is 5.86. The lowest BCUT2D eigenvalue weighted by Crippen LogP contribution is -2.49. The highest BCUT2D eigenvalue weighted by Gasteiger charge is 2.28. The minimum Gasteiger partial charge on any atom is -0.324 e. The Balaban J connectivity index is 1.87. The Hall–Kier alpha value is -3.75. The van der Waals surface area contributed by atoms with E-state index in [1.54, 1.807) is 0 Å². The van der Waals surface area contributed by atoms with Crippen molar-refractivity contribution in [2.45, 2.75) is 6.04 Å². The smallest absolute Gasteiger partial charge is 0.324 e. The maximum absolute atomic E-state index is 12.9. The van der Waals surface area contributed by atoms with Crippen LogP contribution in [-0.2, 0) is 0 Å². The summed E-state index contributed by atoms with van der Waals surface area (Å²) >= 11 is 0. The van der Waals surface area contributed by atoms with Crippen molar-refractivity contribution >= 4 is 22.7 Å². The molecule has 0 saturated carbocycles. The van der Waals surface area contributed by atoms with E-state index in [0.29, 0.717) is 22.4 Å². The second kappa shape index (κ2) is 4.87. The predicted molar refractivity (Wildman–Crippen MR) is 88.7 cm³/mol. The highest BCUT2D eigenvalue weighted by atomic mass is 16.2. The summed E-state index contributed by atoms with van der Waals surface area (Å²) in [7, 11) is 0. The molecule has 1 atom stereocenters. The summed E-state index contributed by atoms with van der Waals surface area (Å²) in [5, 5.41) is 7.33. The number of rotatable bonds is 1. The van der Waals surface area contributed by atoms with Gasteiger partial charge in [0.1, 0.15) is 6.33 Å². The van der Waals surface area contributed by atoms with Gasteiger partial charge in [0.25, 0.3) is 11.3 Å². The first kappa shape index (κ1) is 13.7. The molecule has 0 unspecified atom stereocenters. The van der Waals surface area contributed by atoms with Gasteiger partial charge in [-0.2, -0.15) is 14.6 Å². The largest absolute Gasteiger partial charge is 0.334 e. The van der Waals surface area contributed by atoms with Gasteiger partial charge in [-0.05, 0) is 11.6 Å². The van der Waals surface area contributed by atoms with Crippen LogP contribution < -0.4 is 16.3 Å². The molecule has 25 heavy (non-hydrogen) atoms. The number of hydrogen-bond acceptors (Lipinski definition) is 5. The number of amides is 2. The van der Waals surface area contributed by atoms with Gasteiger partial charge in [0, 0.05) is 6.20 Å². The van der Waals surface area contributed by atoms with Crippen molar-refractivity contribution in [1.82, 2.24) is 29.6 Å². The van der Waals surface area contributed by atoms with Crippen LogP contribution in [0.2, 0.25) is 0 Å². The molecule has 9 nitrogen and oxygen atoms in total. The average Bonchev–Trinajstić information content (AvgIpc) is 3.12. The van der Waals surface area contributed by atoms with E-state index in [9.17, 15) is 9.59 Å². The molecule has 3 aromatic heterocycles. The number of benzene rings is 1. The monoisotopic (exact) mass is 333 g/mol. The predicted octanol–water partition coefficient (Wildman–Crippen LogP) is 0.795. The van der Waals surface area contributed by atoms with Crippen molar-refractivity contribution in [1.29, 1.82) is 0 Å². The molecule has 2 amide bonds. The molecule has 5 rings (SSSR count).